The van der Waals surface area contributed by atoms with Crippen LogP contribution in [0.1, 0.15) is 33.1 Å². The van der Waals surface area contributed by atoms with Crippen LogP contribution >= 0.6 is 0 Å². The van der Waals surface area contributed by atoms with E-state index >= 15 is 0 Å². The number of esters is 1. The minimum atomic E-state index is -0.559. The second-order valence-electron chi connectivity index (χ2n) is 6.05. The van der Waals surface area contributed by atoms with E-state index in [0.717, 1.165) is 19.3 Å². The maximum atomic E-state index is 12.3. The van der Waals surface area contributed by atoms with Crippen LogP contribution in [-0.2, 0) is 14.3 Å². The number of benzene rings is 1. The molecule has 1 aromatic carbocycles. The first kappa shape index (κ1) is 18.1. The first-order valence-electron chi connectivity index (χ1n) is 8.25. The van der Waals surface area contributed by atoms with E-state index in [4.69, 9.17) is 14.2 Å². The predicted octanol–water partition coefficient (Wildman–Crippen LogP) is 2.41. The van der Waals surface area contributed by atoms with Crippen LogP contribution in [0.25, 0.3) is 0 Å². The van der Waals surface area contributed by atoms with Crippen molar-refractivity contribution in [3.8, 4) is 11.5 Å². The van der Waals surface area contributed by atoms with Crippen molar-refractivity contribution in [1.82, 2.24) is 4.90 Å². The van der Waals surface area contributed by atoms with Gasteiger partial charge in [-0.15, -0.1) is 0 Å². The van der Waals surface area contributed by atoms with Gasteiger partial charge in [0.25, 0.3) is 5.91 Å². The molecule has 1 fully saturated rings. The van der Waals surface area contributed by atoms with Gasteiger partial charge in [-0.05, 0) is 57.4 Å². The number of carbonyl (C=O) groups is 2. The largest absolute Gasteiger partial charge is 0.497 e. The molecule has 132 valence electrons. The van der Waals surface area contributed by atoms with Crippen molar-refractivity contribution in [2.24, 2.45) is 0 Å². The molecule has 2 rings (SSSR count). The summed E-state index contributed by atoms with van der Waals surface area (Å²) in [4.78, 5) is 25.8. The van der Waals surface area contributed by atoms with Crippen molar-refractivity contribution in [2.45, 2.75) is 45.2 Å². The Morgan fingerprint density at radius 2 is 1.62 bits per heavy atom. The third-order valence-corrected chi connectivity index (χ3v) is 4.25. The summed E-state index contributed by atoms with van der Waals surface area (Å²) < 4.78 is 15.4. The fraction of sp³-hybridized carbons (Fsp3) is 0.556. The molecule has 0 unspecified atom stereocenters. The molecule has 0 N–H and O–H groups in total. The molecule has 6 nitrogen and oxygen atoms in total. The second-order valence-corrected chi connectivity index (χ2v) is 6.05. The average Bonchev–Trinajstić information content (AvgIpc) is 2.58. The van der Waals surface area contributed by atoms with Gasteiger partial charge in [-0.3, -0.25) is 4.79 Å². The number of methoxy groups -OCH3 is 1. The molecule has 0 aromatic heterocycles. The van der Waals surface area contributed by atoms with Crippen LogP contribution < -0.4 is 9.47 Å². The molecule has 0 spiro atoms. The van der Waals surface area contributed by atoms with E-state index in [2.05, 4.69) is 0 Å². The lowest BCUT2D eigenvalue weighted by Gasteiger charge is -2.38. The molecule has 0 aliphatic carbocycles. The van der Waals surface area contributed by atoms with Crippen molar-refractivity contribution in [2.75, 3.05) is 20.3 Å². The molecule has 0 saturated carbocycles. The lowest BCUT2D eigenvalue weighted by molar-refractivity contribution is -0.156. The highest BCUT2D eigenvalue weighted by molar-refractivity contribution is 5.81. The molecule has 2 atom stereocenters. The Labute approximate surface area is 142 Å². The molecule has 6 heteroatoms. The number of carbonyl (C=O) groups excluding carboxylic acids is 2. The van der Waals surface area contributed by atoms with Gasteiger partial charge in [0.05, 0.1) is 7.11 Å². The lowest BCUT2D eigenvalue weighted by Crippen LogP contribution is -2.49. The molecule has 24 heavy (non-hydrogen) atoms. The Hall–Kier alpha value is -2.24. The van der Waals surface area contributed by atoms with Crippen LogP contribution in [0.15, 0.2) is 24.3 Å². The van der Waals surface area contributed by atoms with E-state index in [1.807, 2.05) is 18.7 Å². The minimum absolute atomic E-state index is 0.146. The van der Waals surface area contributed by atoms with Gasteiger partial charge >= 0.3 is 5.97 Å². The van der Waals surface area contributed by atoms with Crippen molar-refractivity contribution in [1.29, 1.82) is 0 Å². The molecule has 1 amide bonds. The normalized spacial score (nSPS) is 20.4. The maximum Gasteiger partial charge on any atom is 0.344 e. The number of hydrogen-bond donors (Lipinski definition) is 0. The van der Waals surface area contributed by atoms with Crippen molar-refractivity contribution < 1.29 is 23.8 Å². The fourth-order valence-corrected chi connectivity index (χ4v) is 2.99. The van der Waals surface area contributed by atoms with Gasteiger partial charge in [-0.1, -0.05) is 0 Å². The summed E-state index contributed by atoms with van der Waals surface area (Å²) in [5.74, 6) is 0.543. The highest BCUT2D eigenvalue weighted by Gasteiger charge is 2.29. The molecular formula is C18H25NO5. The van der Waals surface area contributed by atoms with Crippen LogP contribution in [0, 0.1) is 0 Å². The lowest BCUT2D eigenvalue weighted by atomic mass is 9.97. The Morgan fingerprint density at radius 1 is 1.04 bits per heavy atom. The second kappa shape index (κ2) is 8.57. The number of ether oxygens (including phenoxy) is 3. The quantitative estimate of drug-likeness (QED) is 0.747. The first-order chi connectivity index (χ1) is 11.5. The summed E-state index contributed by atoms with van der Waals surface area (Å²) in [5.41, 5.74) is 0. The third-order valence-electron chi connectivity index (χ3n) is 4.25. The number of likely N-dealkylation sites (tertiary alicyclic amines) is 1. The number of rotatable bonds is 6. The molecule has 1 aliphatic rings. The maximum absolute atomic E-state index is 12.3. The zero-order valence-corrected chi connectivity index (χ0v) is 14.5. The summed E-state index contributed by atoms with van der Waals surface area (Å²) in [7, 11) is 1.58. The zero-order chi connectivity index (χ0) is 17.5. The van der Waals surface area contributed by atoms with E-state index in [0.29, 0.717) is 11.5 Å². The molecule has 0 bridgehead atoms. The Kier molecular flexibility index (Phi) is 6.46. The van der Waals surface area contributed by atoms with E-state index in [1.54, 1.807) is 31.4 Å². The van der Waals surface area contributed by atoms with Crippen LogP contribution in [-0.4, -0.2) is 49.2 Å². The molecular weight excluding hydrogens is 310 g/mol. The van der Waals surface area contributed by atoms with E-state index in [9.17, 15) is 9.59 Å². The van der Waals surface area contributed by atoms with E-state index in [-0.39, 0.29) is 31.2 Å². The molecule has 0 radical (unpaired) electrons. The topological polar surface area (TPSA) is 65.1 Å². The monoisotopic (exact) mass is 335 g/mol. The molecule has 1 saturated heterocycles. The van der Waals surface area contributed by atoms with Crippen LogP contribution in [0.2, 0.25) is 0 Å². The van der Waals surface area contributed by atoms with Gasteiger partial charge in [-0.2, -0.15) is 0 Å². The Morgan fingerprint density at radius 3 is 2.21 bits per heavy atom. The molecule has 1 aliphatic heterocycles. The van der Waals surface area contributed by atoms with Crippen LogP contribution in [0.5, 0.6) is 11.5 Å². The number of hydrogen-bond acceptors (Lipinski definition) is 5. The van der Waals surface area contributed by atoms with Gasteiger partial charge in [0.15, 0.2) is 13.2 Å². The number of piperidine rings is 1. The van der Waals surface area contributed by atoms with Crippen molar-refractivity contribution >= 4 is 11.9 Å². The third kappa shape index (κ3) is 4.88. The van der Waals surface area contributed by atoms with E-state index < -0.39 is 5.97 Å². The van der Waals surface area contributed by atoms with Gasteiger partial charge < -0.3 is 19.1 Å². The van der Waals surface area contributed by atoms with Crippen LogP contribution in [0.3, 0.4) is 0 Å². The number of amides is 1. The summed E-state index contributed by atoms with van der Waals surface area (Å²) in [5, 5.41) is 0. The van der Waals surface area contributed by atoms with Crippen molar-refractivity contribution in [3.05, 3.63) is 24.3 Å². The SMILES string of the molecule is COc1ccc(OCC(=O)OCC(=O)N2[C@@H](C)CCC[C@@H]2C)cc1. The predicted molar refractivity (Wildman–Crippen MR) is 89.1 cm³/mol. The number of nitrogens with zero attached hydrogens (tertiary/aromatic N) is 1. The summed E-state index contributed by atoms with van der Waals surface area (Å²) >= 11 is 0. The minimum Gasteiger partial charge on any atom is -0.497 e. The highest BCUT2D eigenvalue weighted by atomic mass is 16.6. The zero-order valence-electron chi connectivity index (χ0n) is 14.5. The van der Waals surface area contributed by atoms with Gasteiger partial charge in [-0.25, -0.2) is 4.79 Å². The fourth-order valence-electron chi connectivity index (χ4n) is 2.99. The summed E-state index contributed by atoms with van der Waals surface area (Å²) in [6.45, 7) is 3.59. The van der Waals surface area contributed by atoms with Gasteiger partial charge in [0.2, 0.25) is 0 Å². The van der Waals surface area contributed by atoms with Crippen molar-refractivity contribution in [3.63, 3.8) is 0 Å². The molecule has 1 heterocycles. The Bertz CT molecular complexity index is 547. The highest BCUT2D eigenvalue weighted by Crippen LogP contribution is 2.22. The van der Waals surface area contributed by atoms with Gasteiger partial charge in [0.1, 0.15) is 11.5 Å². The molecule has 1 aromatic rings. The first-order valence-corrected chi connectivity index (χ1v) is 8.25. The Balaban J connectivity index is 1.74. The summed E-state index contributed by atoms with van der Waals surface area (Å²) in [6, 6.07) is 7.26. The van der Waals surface area contributed by atoms with E-state index in [1.165, 1.54) is 0 Å². The summed E-state index contributed by atoms with van der Waals surface area (Å²) in [6.07, 6.45) is 3.11. The smallest absolute Gasteiger partial charge is 0.344 e. The standard InChI is InChI=1S/C18H25NO5/c1-13-5-4-6-14(2)19(13)17(20)11-24-18(21)12-23-16-9-7-15(22-3)8-10-16/h7-10,13-14H,4-6,11-12H2,1-3H3/t13-,14-/m0/s1. The van der Waals surface area contributed by atoms with Crippen LogP contribution in [0.4, 0.5) is 0 Å². The average molecular weight is 335 g/mol. The van der Waals surface area contributed by atoms with Gasteiger partial charge in [0, 0.05) is 12.1 Å².